The van der Waals surface area contributed by atoms with Gasteiger partial charge in [0.15, 0.2) is 0 Å². The van der Waals surface area contributed by atoms with Crippen LogP contribution in [-0.2, 0) is 10.3 Å². The summed E-state index contributed by atoms with van der Waals surface area (Å²) in [6.07, 6.45) is 1.54. The van der Waals surface area contributed by atoms with E-state index in [0.717, 1.165) is 29.5 Å². The molecule has 0 spiro atoms. The maximum Gasteiger partial charge on any atom is 0.143 e. The molecule has 0 aliphatic rings. The second kappa shape index (κ2) is 10.2. The van der Waals surface area contributed by atoms with E-state index in [1.54, 1.807) is 0 Å². The summed E-state index contributed by atoms with van der Waals surface area (Å²) in [6, 6.07) is 30.9. The van der Waals surface area contributed by atoms with Gasteiger partial charge in [0.1, 0.15) is 5.60 Å². The highest BCUT2D eigenvalue weighted by molar-refractivity contribution is 5.47. The molecule has 3 nitrogen and oxygen atoms in total. The monoisotopic (exact) mass is 376 g/mol. The number of aliphatic hydroxyl groups is 2. The summed E-state index contributed by atoms with van der Waals surface area (Å²) >= 11 is 0. The second-order valence-corrected chi connectivity index (χ2v) is 6.96. The highest BCUT2D eigenvalue weighted by Crippen LogP contribution is 2.40. The van der Waals surface area contributed by atoms with Crippen LogP contribution >= 0.6 is 0 Å². The zero-order chi connectivity index (χ0) is 19.7. The minimum absolute atomic E-state index is 0.192. The minimum atomic E-state index is -0.695. The molecule has 3 heteroatoms. The Morgan fingerprint density at radius 3 is 1.50 bits per heavy atom. The van der Waals surface area contributed by atoms with E-state index >= 15 is 0 Å². The summed E-state index contributed by atoms with van der Waals surface area (Å²) in [5.74, 6) is 0. The first-order chi connectivity index (χ1) is 13.8. The molecule has 3 aromatic rings. The number of benzene rings is 3. The molecule has 0 aliphatic heterocycles. The average molecular weight is 376 g/mol. The SMILES string of the molecule is OCC(O)CCCCOC(c1ccccc1)(c1ccccc1)c1ccccc1. The largest absolute Gasteiger partial charge is 0.394 e. The van der Waals surface area contributed by atoms with E-state index in [1.165, 1.54) is 0 Å². The first-order valence-electron chi connectivity index (χ1n) is 9.87. The maximum atomic E-state index is 9.56. The topological polar surface area (TPSA) is 49.7 Å². The Labute approximate surface area is 167 Å². The van der Waals surface area contributed by atoms with E-state index in [1.807, 2.05) is 54.6 Å². The lowest BCUT2D eigenvalue weighted by Gasteiger charge is -2.36. The molecular formula is C25H28O3. The Bertz CT molecular complexity index is 706. The van der Waals surface area contributed by atoms with Crippen LogP contribution in [-0.4, -0.2) is 29.5 Å². The Morgan fingerprint density at radius 1 is 0.679 bits per heavy atom. The molecule has 0 radical (unpaired) electrons. The van der Waals surface area contributed by atoms with Crippen LogP contribution in [0.5, 0.6) is 0 Å². The highest BCUT2D eigenvalue weighted by atomic mass is 16.5. The molecule has 0 saturated carbocycles. The van der Waals surface area contributed by atoms with Crippen LogP contribution in [0, 0.1) is 0 Å². The Kier molecular flexibility index (Phi) is 7.38. The van der Waals surface area contributed by atoms with Crippen LogP contribution in [0.15, 0.2) is 91.0 Å². The zero-order valence-corrected chi connectivity index (χ0v) is 16.1. The van der Waals surface area contributed by atoms with Crippen molar-refractivity contribution in [3.8, 4) is 0 Å². The first kappa shape index (κ1) is 20.3. The Balaban J connectivity index is 1.95. The zero-order valence-electron chi connectivity index (χ0n) is 16.1. The van der Waals surface area contributed by atoms with Crippen molar-refractivity contribution >= 4 is 0 Å². The van der Waals surface area contributed by atoms with Gasteiger partial charge in [0.2, 0.25) is 0 Å². The fourth-order valence-corrected chi connectivity index (χ4v) is 3.57. The van der Waals surface area contributed by atoms with Crippen molar-refractivity contribution in [1.82, 2.24) is 0 Å². The molecule has 3 rings (SSSR count). The van der Waals surface area contributed by atoms with E-state index in [0.29, 0.717) is 13.0 Å². The molecule has 0 fully saturated rings. The van der Waals surface area contributed by atoms with Gasteiger partial charge in [-0.25, -0.2) is 0 Å². The van der Waals surface area contributed by atoms with Gasteiger partial charge in [0.25, 0.3) is 0 Å². The lowest BCUT2D eigenvalue weighted by molar-refractivity contribution is 0.00842. The van der Waals surface area contributed by atoms with Gasteiger partial charge in [-0.05, 0) is 36.0 Å². The van der Waals surface area contributed by atoms with Crippen LogP contribution in [0.25, 0.3) is 0 Å². The van der Waals surface area contributed by atoms with Crippen LogP contribution in [0.2, 0.25) is 0 Å². The van der Waals surface area contributed by atoms with Crippen LogP contribution < -0.4 is 0 Å². The molecule has 0 bridgehead atoms. The van der Waals surface area contributed by atoms with Gasteiger partial charge >= 0.3 is 0 Å². The van der Waals surface area contributed by atoms with Gasteiger partial charge in [-0.3, -0.25) is 0 Å². The first-order valence-corrected chi connectivity index (χ1v) is 9.87. The van der Waals surface area contributed by atoms with Crippen molar-refractivity contribution in [1.29, 1.82) is 0 Å². The van der Waals surface area contributed by atoms with Crippen molar-refractivity contribution in [2.45, 2.75) is 31.0 Å². The molecule has 0 heterocycles. The number of hydrogen-bond acceptors (Lipinski definition) is 3. The molecule has 146 valence electrons. The quantitative estimate of drug-likeness (QED) is 0.404. The molecule has 0 saturated heterocycles. The fourth-order valence-electron chi connectivity index (χ4n) is 3.57. The molecule has 0 aromatic heterocycles. The molecule has 0 aliphatic carbocycles. The number of aliphatic hydroxyl groups excluding tert-OH is 2. The number of hydrogen-bond donors (Lipinski definition) is 2. The van der Waals surface area contributed by atoms with E-state index in [9.17, 15) is 5.11 Å². The van der Waals surface area contributed by atoms with E-state index in [4.69, 9.17) is 9.84 Å². The summed E-state index contributed by atoms with van der Waals surface area (Å²) in [4.78, 5) is 0. The minimum Gasteiger partial charge on any atom is -0.394 e. The van der Waals surface area contributed by atoms with Crippen molar-refractivity contribution in [3.05, 3.63) is 108 Å². The normalized spacial score (nSPS) is 12.6. The standard InChI is InChI=1S/C25H28O3/c26-20-24(27)18-10-11-19-28-25(21-12-4-1-5-13-21,22-14-6-2-7-15-22)23-16-8-3-9-17-23/h1-9,12-17,24,26-27H,10-11,18-20H2. The lowest BCUT2D eigenvalue weighted by atomic mass is 9.80. The lowest BCUT2D eigenvalue weighted by Crippen LogP contribution is -2.33. The van der Waals surface area contributed by atoms with Crippen LogP contribution in [0.1, 0.15) is 36.0 Å². The van der Waals surface area contributed by atoms with Crippen LogP contribution in [0.4, 0.5) is 0 Å². The van der Waals surface area contributed by atoms with Crippen molar-refractivity contribution < 1.29 is 14.9 Å². The molecule has 1 unspecified atom stereocenters. The Morgan fingerprint density at radius 2 is 1.11 bits per heavy atom. The smallest absolute Gasteiger partial charge is 0.143 e. The van der Waals surface area contributed by atoms with E-state index < -0.39 is 11.7 Å². The third-order valence-electron chi connectivity index (χ3n) is 5.00. The average Bonchev–Trinajstić information content (AvgIpc) is 2.78. The predicted octanol–water partition coefficient (Wildman–Crippen LogP) is 4.52. The van der Waals surface area contributed by atoms with Crippen molar-refractivity contribution in [2.75, 3.05) is 13.2 Å². The summed E-state index contributed by atoms with van der Waals surface area (Å²) in [5.41, 5.74) is 2.56. The van der Waals surface area contributed by atoms with Gasteiger partial charge in [-0.15, -0.1) is 0 Å². The van der Waals surface area contributed by atoms with E-state index in [2.05, 4.69) is 36.4 Å². The van der Waals surface area contributed by atoms with Gasteiger partial charge < -0.3 is 14.9 Å². The molecule has 1 atom stereocenters. The molecule has 28 heavy (non-hydrogen) atoms. The van der Waals surface area contributed by atoms with E-state index in [-0.39, 0.29) is 6.61 Å². The summed E-state index contributed by atoms with van der Waals surface area (Å²) < 4.78 is 6.66. The van der Waals surface area contributed by atoms with Crippen LogP contribution in [0.3, 0.4) is 0 Å². The van der Waals surface area contributed by atoms with Gasteiger partial charge in [0, 0.05) is 6.61 Å². The molecular weight excluding hydrogens is 348 g/mol. The van der Waals surface area contributed by atoms with Crippen molar-refractivity contribution in [2.24, 2.45) is 0 Å². The second-order valence-electron chi connectivity index (χ2n) is 6.96. The third-order valence-corrected chi connectivity index (χ3v) is 5.00. The van der Waals surface area contributed by atoms with Crippen molar-refractivity contribution in [3.63, 3.8) is 0 Å². The third kappa shape index (κ3) is 4.68. The summed E-state index contributed by atoms with van der Waals surface area (Å²) in [7, 11) is 0. The van der Waals surface area contributed by atoms with Gasteiger partial charge in [0.05, 0.1) is 12.7 Å². The highest BCUT2D eigenvalue weighted by Gasteiger charge is 2.37. The Hall–Kier alpha value is -2.46. The number of rotatable bonds is 10. The number of ether oxygens (including phenoxy) is 1. The molecule has 2 N–H and O–H groups in total. The number of unbranched alkanes of at least 4 members (excludes halogenated alkanes) is 1. The van der Waals surface area contributed by atoms with Gasteiger partial charge in [-0.1, -0.05) is 91.0 Å². The predicted molar refractivity (Wildman–Crippen MR) is 112 cm³/mol. The molecule has 3 aromatic carbocycles. The molecule has 0 amide bonds. The van der Waals surface area contributed by atoms with Gasteiger partial charge in [-0.2, -0.15) is 0 Å². The maximum absolute atomic E-state index is 9.56. The fraction of sp³-hybridized carbons (Fsp3) is 0.280. The summed E-state index contributed by atoms with van der Waals surface area (Å²) in [5, 5.41) is 18.5. The summed E-state index contributed by atoms with van der Waals surface area (Å²) in [6.45, 7) is 0.361.